The summed E-state index contributed by atoms with van der Waals surface area (Å²) in [7, 11) is -3.11. The van der Waals surface area contributed by atoms with Gasteiger partial charge in [0.25, 0.3) is 0 Å². The van der Waals surface area contributed by atoms with Crippen LogP contribution in [0.1, 0.15) is 75.0 Å². The number of cyclic esters (lactones) is 1. The second kappa shape index (κ2) is 10.2. The van der Waals surface area contributed by atoms with Crippen molar-refractivity contribution in [1.82, 2.24) is 15.0 Å². The fraction of sp³-hybridized carbons (Fsp3) is 0.481. The zero-order chi connectivity index (χ0) is 28.8. The lowest BCUT2D eigenvalue weighted by Crippen LogP contribution is -2.43. The maximum Gasteiger partial charge on any atom is 0.340 e. The van der Waals surface area contributed by atoms with Gasteiger partial charge in [-0.25, -0.2) is 28.2 Å². The number of nitrogens with zero attached hydrogens (tertiary/aromatic N) is 6. The quantitative estimate of drug-likeness (QED) is 0.164. The lowest BCUT2D eigenvalue weighted by Gasteiger charge is -2.34. The molecule has 2 atom stereocenters. The van der Waals surface area contributed by atoms with E-state index < -0.39 is 26.6 Å². The highest BCUT2D eigenvalue weighted by atomic mass is 32.2. The van der Waals surface area contributed by atoms with Gasteiger partial charge in [-0.15, -0.1) is 0 Å². The predicted molar refractivity (Wildman–Crippen MR) is 149 cm³/mol. The SMILES string of the molecule is CCS(=O)(=O)C1CC(Oc2ncc(C(C)(C)N=[N+]=[N-])c3cc(Nc4ccc5c(n4)[C@@H](C)[C@H](C)OC5=O)ncc23)C1. The summed E-state index contributed by atoms with van der Waals surface area (Å²) in [6, 6.07) is 5.19. The number of ether oxygens (including phenoxy) is 2. The molecule has 0 spiro atoms. The molecule has 0 bridgehead atoms. The van der Waals surface area contributed by atoms with Crippen molar-refractivity contribution in [2.75, 3.05) is 11.1 Å². The number of esters is 1. The number of sulfone groups is 1. The number of azide groups is 1. The Kier molecular flexibility index (Phi) is 7.05. The molecule has 0 aromatic carbocycles. The highest BCUT2D eigenvalue weighted by Crippen LogP contribution is 2.38. The van der Waals surface area contributed by atoms with E-state index >= 15 is 0 Å². The first-order chi connectivity index (χ1) is 18.9. The van der Waals surface area contributed by atoms with Crippen LogP contribution in [0.5, 0.6) is 5.88 Å². The predicted octanol–water partition coefficient (Wildman–Crippen LogP) is 5.32. The van der Waals surface area contributed by atoms with Crippen molar-refractivity contribution >= 4 is 38.2 Å². The van der Waals surface area contributed by atoms with Crippen LogP contribution in [0, 0.1) is 0 Å². The largest absolute Gasteiger partial charge is 0.474 e. The highest BCUT2D eigenvalue weighted by Gasteiger charge is 2.40. The van der Waals surface area contributed by atoms with Crippen LogP contribution < -0.4 is 10.1 Å². The van der Waals surface area contributed by atoms with Crippen LogP contribution in [-0.4, -0.2) is 52.5 Å². The molecule has 1 saturated carbocycles. The third kappa shape index (κ3) is 5.02. The third-order valence-corrected chi connectivity index (χ3v) is 9.96. The van der Waals surface area contributed by atoms with Crippen molar-refractivity contribution < 1.29 is 22.7 Å². The van der Waals surface area contributed by atoms with Gasteiger partial charge in [0.05, 0.1) is 27.4 Å². The first-order valence-electron chi connectivity index (χ1n) is 13.2. The molecule has 0 amide bonds. The van der Waals surface area contributed by atoms with Crippen molar-refractivity contribution in [3.8, 4) is 5.88 Å². The molecule has 5 rings (SSSR count). The molecule has 3 aromatic heterocycles. The highest BCUT2D eigenvalue weighted by molar-refractivity contribution is 7.92. The van der Waals surface area contributed by atoms with E-state index in [2.05, 4.69) is 30.3 Å². The Morgan fingerprint density at radius 3 is 2.62 bits per heavy atom. The number of pyridine rings is 3. The zero-order valence-corrected chi connectivity index (χ0v) is 23.8. The number of carbonyl (C=O) groups is 1. The number of nitrogens with one attached hydrogen (secondary N) is 1. The van der Waals surface area contributed by atoms with E-state index in [0.717, 1.165) is 0 Å². The molecule has 3 aromatic rings. The van der Waals surface area contributed by atoms with Crippen molar-refractivity contribution in [3.63, 3.8) is 0 Å². The summed E-state index contributed by atoms with van der Waals surface area (Å²) in [6.45, 7) is 9.02. The van der Waals surface area contributed by atoms with E-state index in [1.54, 1.807) is 51.4 Å². The smallest absolute Gasteiger partial charge is 0.340 e. The van der Waals surface area contributed by atoms with Crippen LogP contribution in [0.15, 0.2) is 35.7 Å². The number of fused-ring (bicyclic) bond motifs is 2. The second-order valence-electron chi connectivity index (χ2n) is 10.8. The van der Waals surface area contributed by atoms with Gasteiger partial charge in [0, 0.05) is 41.8 Å². The monoisotopic (exact) mass is 565 g/mol. The van der Waals surface area contributed by atoms with E-state index in [0.29, 0.717) is 58.0 Å². The minimum absolute atomic E-state index is 0.0699. The van der Waals surface area contributed by atoms with E-state index in [-0.39, 0.29) is 23.9 Å². The second-order valence-corrected chi connectivity index (χ2v) is 13.3. The van der Waals surface area contributed by atoms with E-state index in [9.17, 15) is 13.2 Å². The molecule has 40 heavy (non-hydrogen) atoms. The summed E-state index contributed by atoms with van der Waals surface area (Å²) >= 11 is 0. The summed E-state index contributed by atoms with van der Waals surface area (Å²) in [4.78, 5) is 29.0. The standard InChI is InChI=1S/C27H31N7O5S/c1-6-40(36,37)17-9-16(10-17)39-25-20-12-29-23(11-19(20)21(13-30-25)27(4,5)33-34-28)31-22-8-7-18-24(32-22)14(2)15(3)38-26(18)35/h7-8,11-17H,6,9-10H2,1-5H3,(H,29,31,32)/t14-,15-,16?,17?/m0/s1. The van der Waals surface area contributed by atoms with E-state index in [1.807, 2.05) is 13.8 Å². The molecule has 210 valence electrons. The van der Waals surface area contributed by atoms with Crippen LogP contribution in [0.2, 0.25) is 0 Å². The van der Waals surface area contributed by atoms with Crippen LogP contribution >= 0.6 is 0 Å². The Morgan fingerprint density at radius 1 is 1.18 bits per heavy atom. The molecule has 1 aliphatic heterocycles. The number of hydrogen-bond acceptors (Lipinski definition) is 10. The van der Waals surface area contributed by atoms with Gasteiger partial charge in [0.1, 0.15) is 23.8 Å². The van der Waals surface area contributed by atoms with Crippen molar-refractivity contribution in [3.05, 3.63) is 57.9 Å². The molecule has 1 N–H and O–H groups in total. The Hall–Kier alpha value is -3.96. The van der Waals surface area contributed by atoms with Crippen molar-refractivity contribution in [2.24, 2.45) is 5.11 Å². The number of aromatic nitrogens is 3. The van der Waals surface area contributed by atoms with Gasteiger partial charge >= 0.3 is 5.97 Å². The summed E-state index contributed by atoms with van der Waals surface area (Å²) in [5.41, 5.74) is 10.0. The van der Waals surface area contributed by atoms with Crippen LogP contribution in [0.3, 0.4) is 0 Å². The Bertz CT molecular complexity index is 1650. The number of rotatable bonds is 8. The van der Waals surface area contributed by atoms with Crippen LogP contribution in [0.4, 0.5) is 11.6 Å². The Balaban J connectivity index is 1.49. The van der Waals surface area contributed by atoms with Gasteiger partial charge in [0.15, 0.2) is 9.84 Å². The topological polar surface area (TPSA) is 169 Å². The average molecular weight is 566 g/mol. The molecule has 1 aliphatic carbocycles. The first-order valence-corrected chi connectivity index (χ1v) is 14.9. The molecule has 0 unspecified atom stereocenters. The fourth-order valence-corrected chi connectivity index (χ4v) is 6.47. The lowest BCUT2D eigenvalue weighted by molar-refractivity contribution is 0.0235. The minimum Gasteiger partial charge on any atom is -0.474 e. The molecule has 2 aliphatic rings. The number of hydrogen-bond donors (Lipinski definition) is 1. The molecule has 1 fully saturated rings. The normalized spacial score (nSPS) is 22.5. The van der Waals surface area contributed by atoms with Gasteiger partial charge in [0.2, 0.25) is 5.88 Å². The minimum atomic E-state index is -3.11. The number of carbonyl (C=O) groups excluding carboxylic acids is 1. The molecule has 13 heteroatoms. The van der Waals surface area contributed by atoms with Crippen molar-refractivity contribution in [1.29, 1.82) is 0 Å². The molecule has 4 heterocycles. The summed E-state index contributed by atoms with van der Waals surface area (Å²) < 4.78 is 35.8. The first kappa shape index (κ1) is 27.6. The van der Waals surface area contributed by atoms with E-state index in [1.165, 1.54) is 0 Å². The maximum absolute atomic E-state index is 12.3. The average Bonchev–Trinajstić information content (AvgIpc) is 2.88. The van der Waals surface area contributed by atoms with Crippen LogP contribution in [0.25, 0.3) is 21.2 Å². The summed E-state index contributed by atoms with van der Waals surface area (Å²) in [5, 5.41) is 8.09. The van der Waals surface area contributed by atoms with Gasteiger partial charge < -0.3 is 14.8 Å². The Morgan fingerprint density at radius 2 is 1.93 bits per heavy atom. The van der Waals surface area contributed by atoms with Gasteiger partial charge in [-0.2, -0.15) is 0 Å². The third-order valence-electron chi connectivity index (χ3n) is 7.76. The number of anilines is 2. The van der Waals surface area contributed by atoms with Gasteiger partial charge in [-0.05, 0) is 41.6 Å². The summed E-state index contributed by atoms with van der Waals surface area (Å²) in [5.74, 6) is 0.971. The fourth-order valence-electron chi connectivity index (χ4n) is 4.98. The Labute approximate surface area is 232 Å². The van der Waals surface area contributed by atoms with Crippen LogP contribution in [-0.2, 0) is 20.1 Å². The lowest BCUT2D eigenvalue weighted by atomic mass is 9.92. The maximum atomic E-state index is 12.3. The molecule has 0 radical (unpaired) electrons. The van der Waals surface area contributed by atoms with Gasteiger partial charge in [-0.3, -0.25) is 0 Å². The molecule has 0 saturated heterocycles. The summed E-state index contributed by atoms with van der Waals surface area (Å²) in [6.07, 6.45) is 3.49. The molecule has 12 nitrogen and oxygen atoms in total. The molecular weight excluding hydrogens is 534 g/mol. The van der Waals surface area contributed by atoms with Gasteiger partial charge in [-0.1, -0.05) is 32.8 Å². The van der Waals surface area contributed by atoms with Crippen molar-refractivity contribution in [2.45, 2.75) is 76.4 Å². The van der Waals surface area contributed by atoms with E-state index in [4.69, 9.17) is 15.0 Å². The molecular formula is C27H31N7O5S. The zero-order valence-electron chi connectivity index (χ0n) is 23.0.